The number of fused-ring (bicyclic) bond motifs is 1. The molecule has 2 N–H and O–H groups in total. The second-order valence-electron chi connectivity index (χ2n) is 5.09. The number of aromatic nitrogens is 1. The molecule has 0 unspecified atom stereocenters. The molecular weight excluding hydrogens is 450 g/mol. The molecule has 0 aliphatic heterocycles. The predicted octanol–water partition coefficient (Wildman–Crippen LogP) is 2.40. The Balaban J connectivity index is 0.00000242. The number of carbonyl (C=O) groups is 1. The van der Waals surface area contributed by atoms with Crippen molar-refractivity contribution in [2.45, 2.75) is 26.8 Å². The largest absolute Gasteiger partial charge is 2.00 e. The topological polar surface area (TPSA) is 63.2 Å². The third-order valence-electron chi connectivity index (χ3n) is 2.98. The van der Waals surface area contributed by atoms with Crippen molar-refractivity contribution in [3.05, 3.63) is 42.6 Å². The molecule has 116 valence electrons. The van der Waals surface area contributed by atoms with Crippen molar-refractivity contribution in [1.82, 2.24) is 15.6 Å². The number of nitrogens with one attached hydrogen (secondary N) is 2. The molecule has 6 heteroatoms. The van der Waals surface area contributed by atoms with Crippen LogP contribution >= 0.6 is 0 Å². The molecule has 2 rings (SSSR count). The zero-order valence-corrected chi connectivity index (χ0v) is 15.9. The van der Waals surface area contributed by atoms with E-state index >= 15 is 0 Å². The van der Waals surface area contributed by atoms with E-state index in [-0.39, 0.29) is 39.7 Å². The molecule has 1 aromatic heterocycles. The van der Waals surface area contributed by atoms with Gasteiger partial charge >= 0.3 is 21.1 Å². The van der Waals surface area contributed by atoms with Crippen molar-refractivity contribution in [3.8, 4) is 5.75 Å². The molecule has 0 atom stereocenters. The molecule has 1 amide bonds. The number of nitrogens with zero attached hydrogens (tertiary/aromatic N) is 1. The molecule has 0 bridgehead atoms. The van der Waals surface area contributed by atoms with Gasteiger partial charge in [0.15, 0.2) is 5.75 Å². The maximum absolute atomic E-state index is 12.6. The molecular formula is C16H20N3O2W+. The number of para-hydroxylation sites is 1. The second-order valence-corrected chi connectivity index (χ2v) is 5.09. The number of carbonyl (C=O) groups excluding carboxylic acids is 1. The normalized spacial score (nSPS) is 10.4. The number of rotatable bonds is 5. The predicted molar refractivity (Wildman–Crippen MR) is 83.1 cm³/mol. The van der Waals surface area contributed by atoms with Gasteiger partial charge in [0.05, 0.1) is 16.8 Å². The van der Waals surface area contributed by atoms with E-state index in [4.69, 9.17) is 4.74 Å². The Hall–Kier alpha value is -1.45. The molecule has 0 fully saturated rings. The Kier molecular flexibility index (Phi) is 6.98. The fraction of sp³-hybridized carbons (Fsp3) is 0.312. The van der Waals surface area contributed by atoms with Crippen molar-refractivity contribution in [2.24, 2.45) is 0 Å². The van der Waals surface area contributed by atoms with Gasteiger partial charge in [-0.15, -0.1) is 0 Å². The summed E-state index contributed by atoms with van der Waals surface area (Å²) in [6.07, 6.45) is 0. The smallest absolute Gasteiger partial charge is 0.478 e. The van der Waals surface area contributed by atoms with Gasteiger partial charge in [-0.05, 0) is 26.8 Å². The third kappa shape index (κ3) is 4.05. The first-order valence-electron chi connectivity index (χ1n) is 6.87. The second kappa shape index (κ2) is 8.25. The Bertz CT molecular complexity index is 659. The summed E-state index contributed by atoms with van der Waals surface area (Å²) in [6, 6.07) is 7.59. The first-order chi connectivity index (χ1) is 10.0. The monoisotopic (exact) mass is 470 g/mol. The average Bonchev–Trinajstić information content (AvgIpc) is 2.43. The molecule has 1 heterocycles. The number of ether oxygens (including phenoxy) is 1. The van der Waals surface area contributed by atoms with Gasteiger partial charge in [0.2, 0.25) is 0 Å². The van der Waals surface area contributed by atoms with E-state index in [1.165, 1.54) is 0 Å². The summed E-state index contributed by atoms with van der Waals surface area (Å²) in [6.45, 7) is 5.89. The van der Waals surface area contributed by atoms with Gasteiger partial charge in [-0.25, -0.2) is 4.98 Å². The van der Waals surface area contributed by atoms with Crippen LogP contribution in [0.4, 0.5) is 0 Å². The summed E-state index contributed by atoms with van der Waals surface area (Å²) in [7, 11) is 3.52. The first kappa shape index (κ1) is 18.6. The van der Waals surface area contributed by atoms with Crippen LogP contribution in [0.3, 0.4) is 0 Å². The van der Waals surface area contributed by atoms with E-state index in [1.54, 1.807) is 0 Å². The van der Waals surface area contributed by atoms with Gasteiger partial charge in [-0.1, -0.05) is 18.2 Å². The van der Waals surface area contributed by atoms with Crippen LogP contribution in [0.15, 0.2) is 24.3 Å². The van der Waals surface area contributed by atoms with Crippen molar-refractivity contribution in [3.63, 3.8) is 0 Å². The summed E-state index contributed by atoms with van der Waals surface area (Å²) in [4.78, 5) is 17.0. The first-order valence-corrected chi connectivity index (χ1v) is 6.87. The van der Waals surface area contributed by atoms with Gasteiger partial charge in [-0.3, -0.25) is 11.8 Å². The molecule has 0 aliphatic rings. The van der Waals surface area contributed by atoms with Gasteiger partial charge in [0, 0.05) is 11.4 Å². The SMILES string of the molecule is [CH2-]NCOc1c(C)nc2ccccc2c1C(=O)NC(C)C.[W+2]. The fourth-order valence-electron chi connectivity index (χ4n) is 2.18. The summed E-state index contributed by atoms with van der Waals surface area (Å²) < 4.78 is 5.63. The third-order valence-corrected chi connectivity index (χ3v) is 2.98. The molecule has 0 saturated carbocycles. The van der Waals surface area contributed by atoms with Crippen molar-refractivity contribution in [1.29, 1.82) is 0 Å². The van der Waals surface area contributed by atoms with E-state index in [0.29, 0.717) is 17.0 Å². The number of aryl methyl sites for hydroxylation is 1. The van der Waals surface area contributed by atoms with Gasteiger partial charge in [0.25, 0.3) is 5.91 Å². The Morgan fingerprint density at radius 3 is 2.68 bits per heavy atom. The number of hydrogen-bond acceptors (Lipinski definition) is 4. The average molecular weight is 470 g/mol. The van der Waals surface area contributed by atoms with Crippen molar-refractivity contribution in [2.75, 3.05) is 6.73 Å². The Morgan fingerprint density at radius 2 is 2.05 bits per heavy atom. The summed E-state index contributed by atoms with van der Waals surface area (Å²) in [5, 5.41) is 6.36. The molecule has 0 saturated heterocycles. The summed E-state index contributed by atoms with van der Waals surface area (Å²) in [5.74, 6) is 0.328. The Morgan fingerprint density at radius 1 is 1.36 bits per heavy atom. The zero-order valence-electron chi connectivity index (χ0n) is 13.0. The van der Waals surface area contributed by atoms with Gasteiger partial charge in [0.1, 0.15) is 6.73 Å². The summed E-state index contributed by atoms with van der Waals surface area (Å²) in [5.41, 5.74) is 1.97. The molecule has 22 heavy (non-hydrogen) atoms. The Labute approximate surface area is 145 Å². The van der Waals surface area contributed by atoms with Crippen LogP contribution in [-0.2, 0) is 21.1 Å². The standard InChI is InChI=1S/C16H20N3O2.W/c1-10(2)18-16(20)14-12-7-5-6-8-13(12)19-11(3)15(14)21-9-17-4;/h5-8,10,17H,4,9H2,1-3H3,(H,18,20);/q-1;+2. The maximum atomic E-state index is 12.6. The van der Waals surface area contributed by atoms with Crippen LogP contribution in [-0.4, -0.2) is 23.7 Å². The van der Waals surface area contributed by atoms with E-state index in [9.17, 15) is 4.79 Å². The molecule has 1 aromatic carbocycles. The molecule has 0 radical (unpaired) electrons. The molecule has 0 aliphatic carbocycles. The quantitative estimate of drug-likeness (QED) is 0.521. The molecule has 2 aromatic rings. The van der Waals surface area contributed by atoms with Crippen molar-refractivity contribution >= 4 is 16.8 Å². The van der Waals surface area contributed by atoms with Crippen molar-refractivity contribution < 1.29 is 30.6 Å². The minimum absolute atomic E-state index is 0. The van der Waals surface area contributed by atoms with Gasteiger partial charge in [-0.2, -0.15) is 0 Å². The zero-order chi connectivity index (χ0) is 15.4. The van der Waals surface area contributed by atoms with Crippen LogP contribution in [0.2, 0.25) is 0 Å². The van der Waals surface area contributed by atoms with Crippen LogP contribution in [0.1, 0.15) is 29.9 Å². The van der Waals surface area contributed by atoms with Crippen LogP contribution in [0, 0.1) is 14.0 Å². The van der Waals surface area contributed by atoms with Crippen LogP contribution < -0.4 is 15.4 Å². The number of hydrogen-bond donors (Lipinski definition) is 2. The van der Waals surface area contributed by atoms with E-state index in [2.05, 4.69) is 22.7 Å². The number of pyridine rings is 1. The molecule has 5 nitrogen and oxygen atoms in total. The minimum atomic E-state index is -0.161. The fourth-order valence-corrected chi connectivity index (χ4v) is 2.18. The maximum Gasteiger partial charge on any atom is 2.00 e. The number of benzene rings is 1. The summed E-state index contributed by atoms with van der Waals surface area (Å²) >= 11 is 0. The van der Waals surface area contributed by atoms with Crippen LogP contribution in [0.25, 0.3) is 10.9 Å². The van der Waals surface area contributed by atoms with Gasteiger partial charge < -0.3 is 15.4 Å². The number of amides is 1. The van der Waals surface area contributed by atoms with E-state index in [0.717, 1.165) is 10.9 Å². The minimum Gasteiger partial charge on any atom is -0.478 e. The van der Waals surface area contributed by atoms with E-state index < -0.39 is 0 Å². The van der Waals surface area contributed by atoms with E-state index in [1.807, 2.05) is 45.0 Å². The molecule has 0 spiro atoms. The van der Waals surface area contributed by atoms with Crippen LogP contribution in [0.5, 0.6) is 5.75 Å².